The van der Waals surface area contributed by atoms with Gasteiger partial charge in [0.25, 0.3) is 0 Å². The molecule has 0 radical (unpaired) electrons. The van der Waals surface area contributed by atoms with Crippen LogP contribution in [0.3, 0.4) is 0 Å². The van der Waals surface area contributed by atoms with Crippen molar-refractivity contribution in [2.24, 2.45) is 22.7 Å². The van der Waals surface area contributed by atoms with E-state index >= 15 is 0 Å². The van der Waals surface area contributed by atoms with E-state index in [1.807, 2.05) is 13.8 Å². The monoisotopic (exact) mass is 645 g/mol. The van der Waals surface area contributed by atoms with Crippen LogP contribution in [-0.4, -0.2) is 52.4 Å². The van der Waals surface area contributed by atoms with Crippen LogP contribution in [0.15, 0.2) is 70.1 Å². The lowest BCUT2D eigenvalue weighted by molar-refractivity contribution is -0.266. The van der Waals surface area contributed by atoms with Gasteiger partial charge in [-0.1, -0.05) is 32.0 Å². The highest BCUT2D eigenvalue weighted by Gasteiger charge is 2.71. The second-order valence-electron chi connectivity index (χ2n) is 13.6. The van der Waals surface area contributed by atoms with Crippen LogP contribution >= 0.6 is 0 Å². The average molecular weight is 646 g/mol. The molecule has 3 aromatic rings. The molecule has 47 heavy (non-hydrogen) atoms. The first-order valence-electron chi connectivity index (χ1n) is 15.8. The number of nitrogens with zero attached hydrogens (tertiary/aromatic N) is 1. The standard InChI is InChI=1S/C36H39NO10/c1-20(38)43-19-35(4)26-17-28(46-32(41)22-10-7-6-8-11-22)36(5)31(34(26,3)14-13-27(35)44-21(2)39)30(40)29-25(47-36)16-24(45-33(29)42)23-12-9-15-37-18-23/h6-12,15-16,18,26-28,30-31,40H,13-14,17,19H2,1-5H3/t26?,27-,28-,30-,31?,34-,35?,36+/m0/s1. The fourth-order valence-corrected chi connectivity index (χ4v) is 8.61. The molecule has 6 rings (SSSR count). The first-order valence-corrected chi connectivity index (χ1v) is 15.8. The zero-order valence-electron chi connectivity index (χ0n) is 27.1. The number of esters is 3. The molecule has 2 saturated carbocycles. The molecule has 8 atom stereocenters. The van der Waals surface area contributed by atoms with Gasteiger partial charge in [-0.05, 0) is 61.8 Å². The molecule has 0 saturated heterocycles. The maximum Gasteiger partial charge on any atom is 0.345 e. The molecule has 248 valence electrons. The summed E-state index contributed by atoms with van der Waals surface area (Å²) in [6.45, 7) is 8.26. The number of benzene rings is 1. The van der Waals surface area contributed by atoms with Crippen molar-refractivity contribution >= 4 is 17.9 Å². The van der Waals surface area contributed by atoms with E-state index in [0.717, 1.165) is 0 Å². The average Bonchev–Trinajstić information content (AvgIpc) is 3.03. The van der Waals surface area contributed by atoms with Crippen LogP contribution in [0.1, 0.15) is 75.9 Å². The summed E-state index contributed by atoms with van der Waals surface area (Å²) in [5, 5.41) is 12.3. The van der Waals surface area contributed by atoms with E-state index in [-0.39, 0.29) is 30.1 Å². The van der Waals surface area contributed by atoms with Crippen molar-refractivity contribution in [3.05, 3.63) is 82.5 Å². The van der Waals surface area contributed by atoms with Crippen molar-refractivity contribution in [2.45, 2.75) is 77.8 Å². The quantitative estimate of drug-likeness (QED) is 0.283. The zero-order valence-corrected chi connectivity index (χ0v) is 27.1. The van der Waals surface area contributed by atoms with Crippen LogP contribution in [0.2, 0.25) is 0 Å². The summed E-state index contributed by atoms with van der Waals surface area (Å²) >= 11 is 0. The van der Waals surface area contributed by atoms with Crippen molar-refractivity contribution < 1.29 is 42.9 Å². The summed E-state index contributed by atoms with van der Waals surface area (Å²) in [7, 11) is 0. The van der Waals surface area contributed by atoms with E-state index in [4.69, 9.17) is 23.4 Å². The van der Waals surface area contributed by atoms with Gasteiger partial charge in [0.15, 0.2) is 0 Å². The molecule has 1 aromatic carbocycles. The normalized spacial score (nSPS) is 32.4. The topological polar surface area (TPSA) is 151 Å². The van der Waals surface area contributed by atoms with Gasteiger partial charge in [-0.3, -0.25) is 14.6 Å². The van der Waals surface area contributed by atoms with Gasteiger partial charge < -0.3 is 28.5 Å². The largest absolute Gasteiger partial charge is 0.482 e. The molecule has 0 amide bonds. The Hall–Kier alpha value is -4.51. The molecule has 3 heterocycles. The number of rotatable bonds is 6. The number of aromatic nitrogens is 1. The number of aliphatic hydroxyl groups excluding tert-OH is 1. The van der Waals surface area contributed by atoms with Crippen LogP contribution in [0.5, 0.6) is 5.75 Å². The predicted octanol–water partition coefficient (Wildman–Crippen LogP) is 5.05. The second-order valence-corrected chi connectivity index (χ2v) is 13.6. The van der Waals surface area contributed by atoms with E-state index in [2.05, 4.69) is 4.98 Å². The maximum atomic E-state index is 13.6. The number of hydrogen-bond donors (Lipinski definition) is 1. The molecule has 2 fully saturated rings. The van der Waals surface area contributed by atoms with Crippen molar-refractivity contribution in [3.63, 3.8) is 0 Å². The SMILES string of the molecule is CC(=O)OCC1(C)C2C[C@H](OC(=O)c3ccccc3)[C@@]3(C)Oc4cc(-c5cccnc5)oc(=O)c4[C@H](O)C3[C@@]2(C)CC[C@@H]1OC(C)=O. The van der Waals surface area contributed by atoms with Crippen molar-refractivity contribution in [1.29, 1.82) is 0 Å². The summed E-state index contributed by atoms with van der Waals surface area (Å²) in [5.74, 6) is -2.43. The molecular formula is C36H39NO10. The predicted molar refractivity (Wildman–Crippen MR) is 167 cm³/mol. The van der Waals surface area contributed by atoms with E-state index in [1.165, 1.54) is 13.8 Å². The van der Waals surface area contributed by atoms with Crippen LogP contribution in [0, 0.1) is 22.7 Å². The van der Waals surface area contributed by atoms with Gasteiger partial charge in [0.2, 0.25) is 0 Å². The Kier molecular flexibility index (Phi) is 8.24. The zero-order chi connectivity index (χ0) is 33.7. The molecule has 0 bridgehead atoms. The second kappa shape index (κ2) is 11.9. The van der Waals surface area contributed by atoms with Gasteiger partial charge in [0.1, 0.15) is 41.5 Å². The fraction of sp³-hybridized carbons (Fsp3) is 0.472. The Labute approximate surface area is 272 Å². The third-order valence-electron chi connectivity index (χ3n) is 10.7. The molecule has 0 spiro atoms. The third-order valence-corrected chi connectivity index (χ3v) is 10.7. The third kappa shape index (κ3) is 5.50. The van der Waals surface area contributed by atoms with Crippen LogP contribution in [0.25, 0.3) is 11.3 Å². The summed E-state index contributed by atoms with van der Waals surface area (Å²) in [5.41, 5.74) is -2.94. The maximum absolute atomic E-state index is 13.6. The number of aliphatic hydroxyl groups is 1. The van der Waals surface area contributed by atoms with Crippen molar-refractivity contribution in [1.82, 2.24) is 4.98 Å². The number of pyridine rings is 1. The fourth-order valence-electron chi connectivity index (χ4n) is 8.61. The molecular weight excluding hydrogens is 606 g/mol. The molecule has 1 aliphatic heterocycles. The molecule has 1 N–H and O–H groups in total. The number of ether oxygens (including phenoxy) is 4. The first kappa shape index (κ1) is 32.4. The molecule has 11 nitrogen and oxygen atoms in total. The number of fused-ring (bicyclic) bond motifs is 4. The minimum atomic E-state index is -1.38. The molecule has 2 aliphatic carbocycles. The molecule has 11 heteroatoms. The van der Waals surface area contributed by atoms with Gasteiger partial charge in [-0.15, -0.1) is 0 Å². The van der Waals surface area contributed by atoms with Gasteiger partial charge >= 0.3 is 23.5 Å². The minimum absolute atomic E-state index is 0.0288. The van der Waals surface area contributed by atoms with E-state index in [0.29, 0.717) is 24.0 Å². The van der Waals surface area contributed by atoms with Crippen molar-refractivity contribution in [2.75, 3.05) is 6.61 Å². The van der Waals surface area contributed by atoms with Gasteiger partial charge in [-0.25, -0.2) is 9.59 Å². The summed E-state index contributed by atoms with van der Waals surface area (Å²) < 4.78 is 30.2. The highest BCUT2D eigenvalue weighted by Crippen LogP contribution is 2.67. The lowest BCUT2D eigenvalue weighted by Crippen LogP contribution is -2.71. The Morgan fingerprint density at radius 1 is 1.00 bits per heavy atom. The Bertz CT molecular complexity index is 1740. The van der Waals surface area contributed by atoms with Crippen molar-refractivity contribution in [3.8, 4) is 17.1 Å². The smallest absolute Gasteiger partial charge is 0.345 e. The first-order chi connectivity index (χ1) is 22.3. The molecule has 3 unspecified atom stereocenters. The van der Waals surface area contributed by atoms with E-state index < -0.39 is 70.1 Å². The molecule has 2 aromatic heterocycles. The summed E-state index contributed by atoms with van der Waals surface area (Å²) in [6, 6.07) is 13.6. The van der Waals surface area contributed by atoms with Gasteiger partial charge in [-0.2, -0.15) is 0 Å². The Balaban J connectivity index is 1.51. The Morgan fingerprint density at radius 3 is 2.40 bits per heavy atom. The van der Waals surface area contributed by atoms with E-state index in [9.17, 15) is 24.3 Å². The van der Waals surface area contributed by atoms with Crippen LogP contribution in [-0.2, 0) is 23.8 Å². The summed E-state index contributed by atoms with van der Waals surface area (Å²) in [4.78, 5) is 55.7. The lowest BCUT2D eigenvalue weighted by atomic mass is 9.42. The van der Waals surface area contributed by atoms with E-state index in [1.54, 1.807) is 67.8 Å². The van der Waals surface area contributed by atoms with Crippen LogP contribution in [0.4, 0.5) is 0 Å². The Morgan fingerprint density at radius 2 is 1.74 bits per heavy atom. The highest BCUT2D eigenvalue weighted by molar-refractivity contribution is 5.89. The van der Waals surface area contributed by atoms with Crippen LogP contribution < -0.4 is 10.4 Å². The van der Waals surface area contributed by atoms with Gasteiger partial charge in [0, 0.05) is 49.2 Å². The minimum Gasteiger partial charge on any atom is -0.482 e. The molecule has 3 aliphatic rings. The highest BCUT2D eigenvalue weighted by atomic mass is 16.6. The lowest BCUT2D eigenvalue weighted by Gasteiger charge is -2.66. The number of carbonyl (C=O) groups is 3. The van der Waals surface area contributed by atoms with Gasteiger partial charge in [0.05, 0.1) is 11.7 Å². The summed E-state index contributed by atoms with van der Waals surface area (Å²) in [6.07, 6.45) is 1.31. The number of carbonyl (C=O) groups excluding carboxylic acids is 3. The number of hydrogen-bond acceptors (Lipinski definition) is 11.